The zero-order valence-electron chi connectivity index (χ0n) is 19.1. The summed E-state index contributed by atoms with van der Waals surface area (Å²) in [6, 6.07) is 0. The largest absolute Gasteiger partial charge is 0.462 e. The van der Waals surface area contributed by atoms with E-state index in [2.05, 4.69) is 13.8 Å². The van der Waals surface area contributed by atoms with E-state index in [9.17, 15) is 9.59 Å². The van der Waals surface area contributed by atoms with Crippen LogP contribution in [0.3, 0.4) is 0 Å². The van der Waals surface area contributed by atoms with Gasteiger partial charge in [0.05, 0.1) is 0 Å². The number of carbonyl (C=O) groups is 2. The number of rotatable bonds is 4. The molecule has 5 rings (SSSR count). The maximum Gasteiger partial charge on any atom is 0.306 e. The number of ketones is 1. The Balaban J connectivity index is 1.25. The van der Waals surface area contributed by atoms with E-state index in [0.29, 0.717) is 24.0 Å². The summed E-state index contributed by atoms with van der Waals surface area (Å²) in [4.78, 5) is 24.7. The van der Waals surface area contributed by atoms with Crippen molar-refractivity contribution in [1.82, 2.24) is 0 Å². The van der Waals surface area contributed by atoms with Gasteiger partial charge in [-0.3, -0.25) is 9.59 Å². The summed E-state index contributed by atoms with van der Waals surface area (Å²) < 4.78 is 6.17. The lowest BCUT2D eigenvalue weighted by Crippen LogP contribution is -2.51. The molecule has 0 N–H and O–H groups in total. The van der Waals surface area contributed by atoms with E-state index in [1.807, 2.05) is 6.08 Å². The van der Waals surface area contributed by atoms with Gasteiger partial charge in [0, 0.05) is 18.3 Å². The summed E-state index contributed by atoms with van der Waals surface area (Å²) >= 11 is 0. The molecule has 3 nitrogen and oxygen atoms in total. The second kappa shape index (κ2) is 7.78. The maximum absolute atomic E-state index is 12.7. The second-order valence-electron chi connectivity index (χ2n) is 11.8. The van der Waals surface area contributed by atoms with Gasteiger partial charge in [-0.05, 0) is 86.5 Å². The molecule has 0 bridgehead atoms. The molecule has 5 aliphatic carbocycles. The molecule has 0 heterocycles. The number of carbonyl (C=O) groups excluding carboxylic acids is 2. The molecule has 0 saturated heterocycles. The molecule has 0 aromatic carbocycles. The number of ether oxygens (including phenoxy) is 1. The van der Waals surface area contributed by atoms with E-state index in [1.54, 1.807) is 0 Å². The van der Waals surface area contributed by atoms with Crippen LogP contribution in [0.2, 0.25) is 0 Å². The minimum atomic E-state index is 0.0579. The fourth-order valence-corrected chi connectivity index (χ4v) is 8.54. The van der Waals surface area contributed by atoms with Crippen LogP contribution in [0.1, 0.15) is 104 Å². The average molecular weight is 413 g/mol. The summed E-state index contributed by atoms with van der Waals surface area (Å²) in [7, 11) is 0. The number of hydrogen-bond donors (Lipinski definition) is 0. The summed E-state index contributed by atoms with van der Waals surface area (Å²) in [5.41, 5.74) is 1.83. The van der Waals surface area contributed by atoms with Crippen molar-refractivity contribution in [2.24, 2.45) is 34.5 Å². The van der Waals surface area contributed by atoms with Gasteiger partial charge in [-0.2, -0.15) is 0 Å². The van der Waals surface area contributed by atoms with Crippen molar-refractivity contribution in [2.45, 2.75) is 110 Å². The van der Waals surface area contributed by atoms with Crippen LogP contribution in [-0.4, -0.2) is 17.9 Å². The SMILES string of the molecule is CC12CCC(=O)C=C1CCC1[C@@H]2CCC2(C)C(OC(=O)CCC3CCCC3)CC[C@@H]12. The first-order chi connectivity index (χ1) is 14.4. The fourth-order valence-electron chi connectivity index (χ4n) is 8.54. The normalized spacial score (nSPS) is 43.5. The number of fused-ring (bicyclic) bond motifs is 5. The lowest BCUT2D eigenvalue weighted by Gasteiger charge is -2.57. The van der Waals surface area contributed by atoms with Crippen LogP contribution in [0.15, 0.2) is 11.6 Å². The molecule has 6 atom stereocenters. The molecule has 0 amide bonds. The minimum Gasteiger partial charge on any atom is -0.462 e. The van der Waals surface area contributed by atoms with E-state index in [0.717, 1.165) is 43.9 Å². The molecule has 3 heteroatoms. The van der Waals surface area contributed by atoms with E-state index in [1.165, 1.54) is 56.9 Å². The first-order valence-corrected chi connectivity index (χ1v) is 12.8. The van der Waals surface area contributed by atoms with Gasteiger partial charge in [0.25, 0.3) is 0 Å². The van der Waals surface area contributed by atoms with Crippen molar-refractivity contribution < 1.29 is 14.3 Å². The van der Waals surface area contributed by atoms with E-state index in [4.69, 9.17) is 4.74 Å². The van der Waals surface area contributed by atoms with Gasteiger partial charge < -0.3 is 4.74 Å². The van der Waals surface area contributed by atoms with Crippen molar-refractivity contribution in [3.05, 3.63) is 11.6 Å². The Hall–Kier alpha value is -1.12. The van der Waals surface area contributed by atoms with Crippen molar-refractivity contribution in [3.63, 3.8) is 0 Å². The third kappa shape index (κ3) is 3.39. The Labute approximate surface area is 182 Å². The second-order valence-corrected chi connectivity index (χ2v) is 11.8. The van der Waals surface area contributed by atoms with Gasteiger partial charge in [0.1, 0.15) is 6.10 Å². The lowest BCUT2D eigenvalue weighted by atomic mass is 9.47. The van der Waals surface area contributed by atoms with Gasteiger partial charge in [0.15, 0.2) is 5.78 Å². The van der Waals surface area contributed by atoms with Gasteiger partial charge >= 0.3 is 5.97 Å². The smallest absolute Gasteiger partial charge is 0.306 e. The average Bonchev–Trinajstić information content (AvgIpc) is 3.35. The van der Waals surface area contributed by atoms with Gasteiger partial charge in [-0.1, -0.05) is 45.1 Å². The van der Waals surface area contributed by atoms with E-state index < -0.39 is 0 Å². The lowest BCUT2D eigenvalue weighted by molar-refractivity contribution is -0.160. The Morgan fingerprint density at radius 1 is 1.00 bits per heavy atom. The predicted molar refractivity (Wildman–Crippen MR) is 118 cm³/mol. The molecular weight excluding hydrogens is 372 g/mol. The van der Waals surface area contributed by atoms with Crippen LogP contribution in [-0.2, 0) is 14.3 Å². The van der Waals surface area contributed by atoms with Crippen molar-refractivity contribution >= 4 is 11.8 Å². The summed E-state index contributed by atoms with van der Waals surface area (Å²) in [5, 5.41) is 0. The van der Waals surface area contributed by atoms with Crippen LogP contribution < -0.4 is 0 Å². The molecule has 30 heavy (non-hydrogen) atoms. The van der Waals surface area contributed by atoms with Crippen LogP contribution in [0.4, 0.5) is 0 Å². The molecule has 4 unspecified atom stereocenters. The van der Waals surface area contributed by atoms with E-state index >= 15 is 0 Å². The van der Waals surface area contributed by atoms with Crippen LogP contribution in [0.25, 0.3) is 0 Å². The summed E-state index contributed by atoms with van der Waals surface area (Å²) in [5.74, 6) is 3.28. The van der Waals surface area contributed by atoms with Crippen molar-refractivity contribution in [3.8, 4) is 0 Å². The molecule has 0 radical (unpaired) electrons. The Bertz CT molecular complexity index is 732. The zero-order valence-corrected chi connectivity index (χ0v) is 19.1. The monoisotopic (exact) mass is 412 g/mol. The van der Waals surface area contributed by atoms with Gasteiger partial charge in [0.2, 0.25) is 0 Å². The van der Waals surface area contributed by atoms with Crippen LogP contribution in [0.5, 0.6) is 0 Å². The third-order valence-corrected chi connectivity index (χ3v) is 10.4. The van der Waals surface area contributed by atoms with Gasteiger partial charge in [-0.25, -0.2) is 0 Å². The zero-order chi connectivity index (χ0) is 20.9. The number of hydrogen-bond acceptors (Lipinski definition) is 3. The number of esters is 1. The molecule has 4 fully saturated rings. The molecule has 166 valence electrons. The molecule has 0 aliphatic heterocycles. The highest BCUT2D eigenvalue weighted by molar-refractivity contribution is 5.91. The molecular formula is C27H40O3. The molecule has 5 aliphatic rings. The Morgan fingerprint density at radius 2 is 1.80 bits per heavy atom. The Kier molecular flexibility index (Phi) is 5.39. The van der Waals surface area contributed by atoms with E-state index in [-0.39, 0.29) is 22.9 Å². The topological polar surface area (TPSA) is 43.4 Å². The molecule has 0 aromatic rings. The van der Waals surface area contributed by atoms with Crippen LogP contribution >= 0.6 is 0 Å². The van der Waals surface area contributed by atoms with Gasteiger partial charge in [-0.15, -0.1) is 0 Å². The standard InChI is InChI=1S/C27H40O3/c1-26-15-13-20(28)17-19(26)8-9-21-22-10-11-24(27(22,2)16-14-23(21)26)30-25(29)12-7-18-5-3-4-6-18/h17-18,21-24H,3-16H2,1-2H3/t21?,22-,23-,24?,26?,27?/m0/s1. The highest BCUT2D eigenvalue weighted by Crippen LogP contribution is 2.65. The Morgan fingerprint density at radius 3 is 2.60 bits per heavy atom. The highest BCUT2D eigenvalue weighted by atomic mass is 16.5. The van der Waals surface area contributed by atoms with Crippen molar-refractivity contribution in [2.75, 3.05) is 0 Å². The molecule has 0 spiro atoms. The molecule has 0 aromatic heterocycles. The van der Waals surface area contributed by atoms with Crippen LogP contribution in [0, 0.1) is 34.5 Å². The van der Waals surface area contributed by atoms with Crippen molar-refractivity contribution in [1.29, 1.82) is 0 Å². The quantitative estimate of drug-likeness (QED) is 0.502. The fraction of sp³-hybridized carbons (Fsp3) is 0.852. The predicted octanol–water partition coefficient (Wildman–Crippen LogP) is 6.40. The molecule has 4 saturated carbocycles. The third-order valence-electron chi connectivity index (χ3n) is 10.4. The first-order valence-electron chi connectivity index (χ1n) is 12.8. The highest BCUT2D eigenvalue weighted by Gasteiger charge is 2.59. The summed E-state index contributed by atoms with van der Waals surface area (Å²) in [6.07, 6.45) is 17.8. The number of allylic oxidation sites excluding steroid dienone is 1. The first kappa shape index (κ1) is 20.8. The minimum absolute atomic E-state index is 0.0579. The summed E-state index contributed by atoms with van der Waals surface area (Å²) in [6.45, 7) is 4.87. The maximum atomic E-state index is 12.7.